The smallest absolute Gasteiger partial charge is 0.255 e. The normalized spacial score (nSPS) is 19.5. The van der Waals surface area contributed by atoms with E-state index < -0.39 is 18.2 Å². The molecule has 9 heteroatoms. The molecule has 0 aliphatic carbocycles. The molecule has 39 heavy (non-hydrogen) atoms. The van der Waals surface area contributed by atoms with Crippen LogP contribution in [0, 0.1) is 5.92 Å². The molecule has 0 bridgehead atoms. The Bertz CT molecular complexity index is 1370. The van der Waals surface area contributed by atoms with Gasteiger partial charge < -0.3 is 20.2 Å². The molecular formula is C30H34N4O4S. The number of hydrogen-bond acceptors (Lipinski definition) is 6. The Hall–Kier alpha value is -3.56. The van der Waals surface area contributed by atoms with E-state index in [9.17, 15) is 19.5 Å². The summed E-state index contributed by atoms with van der Waals surface area (Å²) in [5.74, 6) is -0.949. The first kappa shape index (κ1) is 27.0. The Kier molecular flexibility index (Phi) is 7.81. The van der Waals surface area contributed by atoms with E-state index in [4.69, 9.17) is 0 Å². The lowest BCUT2D eigenvalue weighted by Gasteiger charge is -2.35. The maximum absolute atomic E-state index is 13.8. The summed E-state index contributed by atoms with van der Waals surface area (Å²) in [6.07, 6.45) is 0.242. The Morgan fingerprint density at radius 1 is 1.15 bits per heavy atom. The number of hydrogen-bond donors (Lipinski definition) is 2. The number of nitrogens with one attached hydrogen (secondary N) is 1. The molecule has 2 N–H and O–H groups in total. The van der Waals surface area contributed by atoms with Gasteiger partial charge >= 0.3 is 0 Å². The van der Waals surface area contributed by atoms with Gasteiger partial charge in [-0.25, -0.2) is 4.98 Å². The minimum atomic E-state index is -0.796. The van der Waals surface area contributed by atoms with Crippen LogP contribution in [0.4, 0.5) is 0 Å². The molecule has 3 aromatic rings. The molecule has 3 amide bonds. The number of amides is 3. The minimum Gasteiger partial charge on any atom is -0.391 e. The molecule has 1 aromatic heterocycles. The van der Waals surface area contributed by atoms with Gasteiger partial charge in [-0.05, 0) is 35.1 Å². The van der Waals surface area contributed by atoms with Gasteiger partial charge in [-0.2, -0.15) is 0 Å². The van der Waals surface area contributed by atoms with Gasteiger partial charge in [0.15, 0.2) is 0 Å². The van der Waals surface area contributed by atoms with Crippen molar-refractivity contribution in [2.75, 3.05) is 6.54 Å². The molecule has 3 heterocycles. The van der Waals surface area contributed by atoms with Gasteiger partial charge in [-0.3, -0.25) is 14.4 Å². The SMILES string of the molecule is CCc1ncsc1-c1ccc(CNC(=O)[C@@H]2C[C@@H](O)CN2C(=O)C(C(C)C)N2Cc3ccccc3C2=O)cc1. The summed E-state index contributed by atoms with van der Waals surface area (Å²) in [5, 5.41) is 13.4. The maximum Gasteiger partial charge on any atom is 0.255 e. The molecule has 204 valence electrons. The largest absolute Gasteiger partial charge is 0.391 e. The van der Waals surface area contributed by atoms with Gasteiger partial charge in [0.2, 0.25) is 11.8 Å². The first-order valence-electron chi connectivity index (χ1n) is 13.4. The van der Waals surface area contributed by atoms with E-state index in [1.54, 1.807) is 22.3 Å². The zero-order valence-corrected chi connectivity index (χ0v) is 23.3. The van der Waals surface area contributed by atoms with E-state index in [0.29, 0.717) is 18.7 Å². The number of fused-ring (bicyclic) bond motifs is 1. The highest BCUT2D eigenvalue weighted by molar-refractivity contribution is 7.13. The van der Waals surface area contributed by atoms with Crippen LogP contribution < -0.4 is 5.32 Å². The summed E-state index contributed by atoms with van der Waals surface area (Å²) in [6.45, 7) is 6.62. The number of carbonyl (C=O) groups is 3. The van der Waals surface area contributed by atoms with Crippen LogP contribution in [0.15, 0.2) is 54.0 Å². The molecule has 0 saturated carbocycles. The van der Waals surface area contributed by atoms with Crippen LogP contribution in [0.25, 0.3) is 10.4 Å². The fourth-order valence-corrected chi connectivity index (χ4v) is 6.48. The average molecular weight is 547 g/mol. The fraction of sp³-hybridized carbons (Fsp3) is 0.400. The summed E-state index contributed by atoms with van der Waals surface area (Å²) in [6, 6.07) is 13.9. The van der Waals surface area contributed by atoms with Crippen molar-refractivity contribution in [3.63, 3.8) is 0 Å². The predicted molar refractivity (Wildman–Crippen MR) is 150 cm³/mol. The van der Waals surface area contributed by atoms with Crippen LogP contribution in [-0.2, 0) is 29.1 Å². The number of aromatic nitrogens is 1. The molecule has 3 atom stereocenters. The topological polar surface area (TPSA) is 103 Å². The van der Waals surface area contributed by atoms with Crippen molar-refractivity contribution in [1.82, 2.24) is 20.1 Å². The van der Waals surface area contributed by atoms with Gasteiger partial charge in [0.05, 0.1) is 22.2 Å². The number of nitrogens with zero attached hydrogens (tertiary/aromatic N) is 3. The van der Waals surface area contributed by atoms with Crippen LogP contribution in [-0.4, -0.2) is 62.3 Å². The summed E-state index contributed by atoms with van der Waals surface area (Å²) < 4.78 is 0. The van der Waals surface area contributed by atoms with Gasteiger partial charge in [0.1, 0.15) is 12.1 Å². The second kappa shape index (κ2) is 11.3. The lowest BCUT2D eigenvalue weighted by Crippen LogP contribution is -2.55. The zero-order valence-electron chi connectivity index (χ0n) is 22.5. The molecule has 2 aliphatic heterocycles. The number of aliphatic hydroxyl groups is 1. The first-order chi connectivity index (χ1) is 18.8. The van der Waals surface area contributed by atoms with Crippen molar-refractivity contribution in [2.45, 2.75) is 64.9 Å². The number of likely N-dealkylation sites (tertiary alicyclic amines) is 1. The fourth-order valence-electron chi connectivity index (χ4n) is 5.59. The first-order valence-corrected chi connectivity index (χ1v) is 14.3. The van der Waals surface area contributed by atoms with Crippen LogP contribution in [0.3, 0.4) is 0 Å². The average Bonchev–Trinajstić information content (AvgIpc) is 3.65. The van der Waals surface area contributed by atoms with E-state index in [1.165, 1.54) is 4.90 Å². The highest BCUT2D eigenvalue weighted by atomic mass is 32.1. The van der Waals surface area contributed by atoms with E-state index in [1.807, 2.05) is 61.8 Å². The van der Waals surface area contributed by atoms with Crippen molar-refractivity contribution in [2.24, 2.45) is 5.92 Å². The Morgan fingerprint density at radius 3 is 2.59 bits per heavy atom. The molecule has 2 aliphatic rings. The number of aryl methyl sites for hydroxylation is 1. The van der Waals surface area contributed by atoms with Crippen molar-refractivity contribution in [3.8, 4) is 10.4 Å². The van der Waals surface area contributed by atoms with E-state index in [0.717, 1.165) is 33.7 Å². The Balaban J connectivity index is 1.27. The monoisotopic (exact) mass is 546 g/mol. The summed E-state index contributed by atoms with van der Waals surface area (Å²) >= 11 is 1.61. The van der Waals surface area contributed by atoms with E-state index in [2.05, 4.69) is 17.2 Å². The molecule has 5 rings (SSSR count). The molecule has 2 aromatic carbocycles. The third-order valence-corrected chi connectivity index (χ3v) is 8.51. The maximum atomic E-state index is 13.8. The molecule has 1 unspecified atom stereocenters. The van der Waals surface area contributed by atoms with Crippen molar-refractivity contribution >= 4 is 29.1 Å². The van der Waals surface area contributed by atoms with Crippen LogP contribution >= 0.6 is 11.3 Å². The zero-order chi connectivity index (χ0) is 27.7. The number of thiazole rings is 1. The predicted octanol–water partition coefficient (Wildman–Crippen LogP) is 3.63. The number of benzene rings is 2. The van der Waals surface area contributed by atoms with Gasteiger partial charge in [-0.1, -0.05) is 63.2 Å². The van der Waals surface area contributed by atoms with Gasteiger partial charge in [-0.15, -0.1) is 11.3 Å². The standard InChI is InChI=1S/C30H34N4O4S/c1-4-24-27(39-17-32-24)20-11-9-19(10-12-20)14-31-28(36)25-13-22(35)16-33(25)30(38)26(18(2)3)34-15-21-7-5-6-8-23(21)29(34)37/h5-12,17-18,22,25-26,35H,4,13-16H2,1-3H3,(H,31,36)/t22-,25+,26?/m1/s1. The molecule has 1 saturated heterocycles. The van der Waals surface area contributed by atoms with Crippen molar-refractivity contribution < 1.29 is 19.5 Å². The number of rotatable bonds is 8. The summed E-state index contributed by atoms with van der Waals surface area (Å²) in [5.41, 5.74) is 6.46. The number of carbonyl (C=O) groups excluding carboxylic acids is 3. The second-order valence-electron chi connectivity index (χ2n) is 10.6. The Labute approximate surface area is 232 Å². The summed E-state index contributed by atoms with van der Waals surface area (Å²) in [7, 11) is 0. The van der Waals surface area contributed by atoms with Gasteiger partial charge in [0.25, 0.3) is 5.91 Å². The minimum absolute atomic E-state index is 0.0679. The van der Waals surface area contributed by atoms with Crippen LogP contribution in [0.5, 0.6) is 0 Å². The second-order valence-corrected chi connectivity index (χ2v) is 11.4. The third-order valence-electron chi connectivity index (χ3n) is 7.59. The molecule has 0 radical (unpaired) electrons. The molecule has 8 nitrogen and oxygen atoms in total. The van der Waals surface area contributed by atoms with Crippen LogP contribution in [0.2, 0.25) is 0 Å². The van der Waals surface area contributed by atoms with Crippen molar-refractivity contribution in [3.05, 3.63) is 76.4 Å². The number of aliphatic hydroxyl groups excluding tert-OH is 1. The van der Waals surface area contributed by atoms with Crippen molar-refractivity contribution in [1.29, 1.82) is 0 Å². The molecule has 1 fully saturated rings. The lowest BCUT2D eigenvalue weighted by atomic mass is 10.0. The highest BCUT2D eigenvalue weighted by Gasteiger charge is 2.45. The third kappa shape index (κ3) is 5.33. The lowest BCUT2D eigenvalue weighted by molar-refractivity contribution is -0.143. The quantitative estimate of drug-likeness (QED) is 0.449. The summed E-state index contributed by atoms with van der Waals surface area (Å²) in [4.78, 5) is 48.9. The van der Waals surface area contributed by atoms with E-state index in [-0.39, 0.29) is 36.6 Å². The molecular weight excluding hydrogens is 512 g/mol. The van der Waals surface area contributed by atoms with E-state index >= 15 is 0 Å². The highest BCUT2D eigenvalue weighted by Crippen LogP contribution is 2.31. The van der Waals surface area contributed by atoms with Crippen LogP contribution in [0.1, 0.15) is 54.4 Å². The number of β-amino-alcohol motifs (C(OH)–C–C–N with tert-alkyl or cyclic N) is 1. The molecule has 0 spiro atoms. The van der Waals surface area contributed by atoms with Gasteiger partial charge in [0, 0.05) is 31.6 Å². The Morgan fingerprint density at radius 2 is 1.90 bits per heavy atom.